The van der Waals surface area contributed by atoms with E-state index < -0.39 is 0 Å². The highest BCUT2D eigenvalue weighted by molar-refractivity contribution is 6.23. The van der Waals surface area contributed by atoms with Crippen molar-refractivity contribution in [1.29, 1.82) is 0 Å². The summed E-state index contributed by atoms with van der Waals surface area (Å²) >= 11 is 0. The van der Waals surface area contributed by atoms with Gasteiger partial charge in [-0.25, -0.2) is 9.97 Å². The van der Waals surface area contributed by atoms with Gasteiger partial charge in [-0.05, 0) is 108 Å². The quantitative estimate of drug-likeness (QED) is 0.163. The Hall–Kier alpha value is -7.23. The van der Waals surface area contributed by atoms with E-state index in [0.717, 1.165) is 44.8 Å². The van der Waals surface area contributed by atoms with Crippen LogP contribution in [0.5, 0.6) is 0 Å². The minimum Gasteiger partial charge on any atom is -0.265 e. The number of pyridine rings is 1. The molecule has 0 aliphatic heterocycles. The smallest absolute Gasteiger partial charge is 0.160 e. The predicted molar refractivity (Wildman–Crippen MR) is 225 cm³/mol. The molecule has 0 saturated carbocycles. The first-order chi connectivity index (χ1) is 26.8. The van der Waals surface area contributed by atoms with E-state index in [9.17, 15) is 0 Å². The fourth-order valence-corrected chi connectivity index (χ4v) is 7.76. The van der Waals surface area contributed by atoms with Crippen molar-refractivity contribution >= 4 is 32.3 Å². The summed E-state index contributed by atoms with van der Waals surface area (Å²) in [7, 11) is 0. The van der Waals surface area contributed by atoms with Gasteiger partial charge in [0, 0.05) is 29.1 Å². The number of benzene rings is 8. The van der Waals surface area contributed by atoms with E-state index in [1.165, 1.54) is 49.0 Å². The van der Waals surface area contributed by atoms with Gasteiger partial charge in [-0.1, -0.05) is 146 Å². The molecule has 0 atom stereocenters. The highest BCUT2D eigenvalue weighted by Gasteiger charge is 2.16. The van der Waals surface area contributed by atoms with Crippen molar-refractivity contribution in [2.24, 2.45) is 0 Å². The summed E-state index contributed by atoms with van der Waals surface area (Å²) in [5.41, 5.74) is 11.8. The summed E-state index contributed by atoms with van der Waals surface area (Å²) in [6.07, 6.45) is 3.66. The van der Waals surface area contributed by atoms with Crippen molar-refractivity contribution in [3.05, 3.63) is 200 Å². The first-order valence-electron chi connectivity index (χ1n) is 18.3. The Bertz CT molecular complexity index is 2970. The number of nitrogens with zero attached hydrogens (tertiary/aromatic N) is 3. The van der Waals surface area contributed by atoms with E-state index in [4.69, 9.17) is 9.97 Å². The van der Waals surface area contributed by atoms with Gasteiger partial charge < -0.3 is 0 Å². The summed E-state index contributed by atoms with van der Waals surface area (Å²) in [6.45, 7) is 0. The molecule has 0 bridgehead atoms. The molecule has 0 spiro atoms. The van der Waals surface area contributed by atoms with Gasteiger partial charge in [0.1, 0.15) is 0 Å². The Balaban J connectivity index is 1.16. The van der Waals surface area contributed by atoms with Gasteiger partial charge in [0.2, 0.25) is 0 Å². The molecule has 54 heavy (non-hydrogen) atoms. The van der Waals surface area contributed by atoms with Crippen molar-refractivity contribution in [2.75, 3.05) is 0 Å². The lowest BCUT2D eigenvalue weighted by atomic mass is 9.87. The van der Waals surface area contributed by atoms with Crippen LogP contribution in [0.4, 0.5) is 0 Å². The Kier molecular flexibility index (Phi) is 7.81. The van der Waals surface area contributed by atoms with Gasteiger partial charge in [0.05, 0.1) is 11.4 Å². The maximum absolute atomic E-state index is 5.24. The van der Waals surface area contributed by atoms with Gasteiger partial charge in [-0.2, -0.15) is 0 Å². The predicted octanol–water partition coefficient (Wildman–Crippen LogP) is 13.3. The van der Waals surface area contributed by atoms with Gasteiger partial charge >= 0.3 is 0 Å². The Morgan fingerprint density at radius 3 is 1.37 bits per heavy atom. The van der Waals surface area contributed by atoms with Crippen LogP contribution in [-0.4, -0.2) is 15.0 Å². The molecule has 3 heteroatoms. The van der Waals surface area contributed by atoms with Gasteiger partial charge in [-0.3, -0.25) is 4.98 Å². The summed E-state index contributed by atoms with van der Waals surface area (Å²) in [5.74, 6) is 0.686. The third-order valence-electron chi connectivity index (χ3n) is 10.4. The molecule has 0 amide bonds. The Labute approximate surface area is 313 Å². The van der Waals surface area contributed by atoms with Crippen molar-refractivity contribution in [1.82, 2.24) is 15.0 Å². The summed E-state index contributed by atoms with van der Waals surface area (Å²) in [4.78, 5) is 14.6. The van der Waals surface area contributed by atoms with Gasteiger partial charge in [-0.15, -0.1) is 0 Å². The largest absolute Gasteiger partial charge is 0.265 e. The average Bonchev–Trinajstić information content (AvgIpc) is 3.26. The van der Waals surface area contributed by atoms with E-state index in [-0.39, 0.29) is 0 Å². The van der Waals surface area contributed by atoms with Crippen molar-refractivity contribution in [2.45, 2.75) is 0 Å². The first-order valence-corrected chi connectivity index (χ1v) is 18.3. The Morgan fingerprint density at radius 2 is 0.722 bits per heavy atom. The average molecular weight is 688 g/mol. The maximum atomic E-state index is 5.24. The van der Waals surface area contributed by atoms with E-state index >= 15 is 0 Å². The lowest BCUT2D eigenvalue weighted by molar-refractivity contribution is 1.18. The molecule has 0 aliphatic rings. The van der Waals surface area contributed by atoms with E-state index in [0.29, 0.717) is 5.82 Å². The number of fused-ring (bicyclic) bond motifs is 5. The topological polar surface area (TPSA) is 38.7 Å². The maximum Gasteiger partial charge on any atom is 0.160 e. The number of aromatic nitrogens is 3. The molecule has 2 heterocycles. The van der Waals surface area contributed by atoms with E-state index in [1.54, 1.807) is 0 Å². The number of rotatable bonds is 6. The molecule has 2 aromatic heterocycles. The molecule has 10 aromatic rings. The molecular weight excluding hydrogens is 655 g/mol. The van der Waals surface area contributed by atoms with E-state index in [1.807, 2.05) is 30.6 Å². The number of hydrogen-bond donors (Lipinski definition) is 0. The zero-order valence-electron chi connectivity index (χ0n) is 29.4. The van der Waals surface area contributed by atoms with Crippen LogP contribution in [0, 0.1) is 0 Å². The van der Waals surface area contributed by atoms with Crippen molar-refractivity contribution in [3.8, 4) is 67.3 Å². The molecule has 3 nitrogen and oxygen atoms in total. The second-order valence-electron chi connectivity index (χ2n) is 13.6. The van der Waals surface area contributed by atoms with Crippen molar-refractivity contribution in [3.63, 3.8) is 0 Å². The highest BCUT2D eigenvalue weighted by Crippen LogP contribution is 2.42. The molecule has 0 aliphatic carbocycles. The standard InChI is InChI=1S/C51H33N3/c1-3-13-35(14-4-1)45-31-47-44-24-10-8-22-42(44)46(32-48(47)43-23-9-7-21-41(43)45)38-18-12-20-40(30-38)51-53-49(36-15-5-2-6-16-36)33-50(54-51)39-19-11-17-37(29-39)34-25-27-52-28-26-34/h1-33H. The fraction of sp³-hybridized carbons (Fsp3) is 0. The van der Waals surface area contributed by atoms with Gasteiger partial charge in [0.15, 0.2) is 5.82 Å². The molecule has 10 rings (SSSR count). The number of hydrogen-bond acceptors (Lipinski definition) is 3. The molecule has 0 saturated heterocycles. The van der Waals surface area contributed by atoms with Crippen molar-refractivity contribution < 1.29 is 0 Å². The first kappa shape index (κ1) is 31.5. The minimum atomic E-state index is 0.686. The van der Waals surface area contributed by atoms with Crippen LogP contribution in [-0.2, 0) is 0 Å². The normalized spacial score (nSPS) is 11.3. The van der Waals surface area contributed by atoms with E-state index in [2.05, 4.69) is 175 Å². The molecule has 0 fully saturated rings. The third-order valence-corrected chi connectivity index (χ3v) is 10.4. The summed E-state index contributed by atoms with van der Waals surface area (Å²) in [5, 5.41) is 7.43. The monoisotopic (exact) mass is 687 g/mol. The lowest BCUT2D eigenvalue weighted by Gasteiger charge is -2.16. The van der Waals surface area contributed by atoms with Crippen LogP contribution < -0.4 is 0 Å². The zero-order chi connectivity index (χ0) is 35.8. The van der Waals surface area contributed by atoms with Crippen LogP contribution >= 0.6 is 0 Å². The van der Waals surface area contributed by atoms with Crippen LogP contribution in [0.15, 0.2) is 200 Å². The van der Waals surface area contributed by atoms with Crippen LogP contribution in [0.1, 0.15) is 0 Å². The highest BCUT2D eigenvalue weighted by atomic mass is 14.9. The lowest BCUT2D eigenvalue weighted by Crippen LogP contribution is -1.96. The molecule has 0 unspecified atom stereocenters. The molecular formula is C51H33N3. The molecule has 252 valence electrons. The van der Waals surface area contributed by atoms with Crippen LogP contribution in [0.2, 0.25) is 0 Å². The third kappa shape index (κ3) is 5.69. The molecule has 8 aromatic carbocycles. The fourth-order valence-electron chi connectivity index (χ4n) is 7.76. The molecule has 0 radical (unpaired) electrons. The summed E-state index contributed by atoms with van der Waals surface area (Å²) in [6, 6.07) is 66.8. The molecule has 0 N–H and O–H groups in total. The summed E-state index contributed by atoms with van der Waals surface area (Å²) < 4.78 is 0. The van der Waals surface area contributed by atoms with Gasteiger partial charge in [0.25, 0.3) is 0 Å². The SMILES string of the molecule is c1ccc(-c2cc(-c3cccc(-c4ccncc4)c3)nc(-c3cccc(-c4cc5c6ccccc6c(-c6ccccc6)cc5c5ccccc45)c3)n2)cc1. The van der Waals surface area contributed by atoms with Crippen LogP contribution in [0.25, 0.3) is 99.6 Å². The second-order valence-corrected chi connectivity index (χ2v) is 13.6. The second kappa shape index (κ2) is 13.4. The Morgan fingerprint density at radius 1 is 0.259 bits per heavy atom. The van der Waals surface area contributed by atoms with Crippen LogP contribution in [0.3, 0.4) is 0 Å². The minimum absolute atomic E-state index is 0.686. The zero-order valence-corrected chi connectivity index (χ0v) is 29.4.